The zero-order valence-electron chi connectivity index (χ0n) is 10.5. The summed E-state index contributed by atoms with van der Waals surface area (Å²) in [5.41, 5.74) is 2.63. The van der Waals surface area contributed by atoms with Crippen molar-refractivity contribution in [2.24, 2.45) is 0 Å². The summed E-state index contributed by atoms with van der Waals surface area (Å²) in [6.45, 7) is 0.892. The van der Waals surface area contributed by atoms with E-state index in [0.717, 1.165) is 13.0 Å². The van der Waals surface area contributed by atoms with Crippen molar-refractivity contribution in [1.29, 1.82) is 0 Å². The first-order chi connectivity index (χ1) is 9.24. The lowest BCUT2D eigenvalue weighted by Gasteiger charge is -2.26. The summed E-state index contributed by atoms with van der Waals surface area (Å²) in [4.78, 5) is 1.34. The van der Waals surface area contributed by atoms with Crippen LogP contribution in [-0.2, 0) is 13.0 Å². The number of aryl methyl sites for hydroxylation is 1. The van der Waals surface area contributed by atoms with Gasteiger partial charge in [0, 0.05) is 21.9 Å². The molecule has 0 fully saturated rings. The highest BCUT2D eigenvalue weighted by Gasteiger charge is 2.20. The van der Waals surface area contributed by atoms with Crippen molar-refractivity contribution in [2.75, 3.05) is 0 Å². The number of phenols is 1. The van der Waals surface area contributed by atoms with Crippen LogP contribution in [-0.4, -0.2) is 5.11 Å². The Morgan fingerprint density at radius 2 is 2.26 bits per heavy atom. The number of hydrogen-bond donors (Lipinski definition) is 2. The van der Waals surface area contributed by atoms with Crippen LogP contribution < -0.4 is 5.32 Å². The molecule has 0 saturated carbocycles. The van der Waals surface area contributed by atoms with Crippen LogP contribution in [0.1, 0.15) is 34.9 Å². The molecular formula is C15H16BrNOS. The maximum absolute atomic E-state index is 9.57. The molecule has 1 unspecified atom stereocenters. The Balaban J connectivity index is 1.75. The molecule has 1 aromatic carbocycles. The van der Waals surface area contributed by atoms with Crippen LogP contribution >= 0.6 is 27.3 Å². The highest BCUT2D eigenvalue weighted by molar-refractivity contribution is 9.10. The zero-order chi connectivity index (χ0) is 13.2. The van der Waals surface area contributed by atoms with Crippen molar-refractivity contribution >= 4 is 27.3 Å². The maximum Gasteiger partial charge on any atom is 0.115 e. The van der Waals surface area contributed by atoms with Gasteiger partial charge in [0.2, 0.25) is 0 Å². The molecule has 4 heteroatoms. The fourth-order valence-electron chi connectivity index (χ4n) is 2.68. The van der Waals surface area contributed by atoms with Crippen LogP contribution in [0.3, 0.4) is 0 Å². The molecule has 0 aliphatic heterocycles. The Morgan fingerprint density at radius 1 is 1.37 bits per heavy atom. The molecule has 0 bridgehead atoms. The van der Waals surface area contributed by atoms with E-state index in [0.29, 0.717) is 11.8 Å². The predicted molar refractivity (Wildman–Crippen MR) is 82.6 cm³/mol. The van der Waals surface area contributed by atoms with E-state index < -0.39 is 0 Å². The van der Waals surface area contributed by atoms with E-state index in [9.17, 15) is 5.11 Å². The van der Waals surface area contributed by atoms with Gasteiger partial charge in [-0.1, -0.05) is 6.07 Å². The van der Waals surface area contributed by atoms with Crippen molar-refractivity contribution in [3.63, 3.8) is 0 Å². The molecule has 100 valence electrons. The van der Waals surface area contributed by atoms with Crippen LogP contribution in [0.2, 0.25) is 0 Å². The Bertz CT molecular complexity index is 581. The van der Waals surface area contributed by atoms with E-state index in [1.165, 1.54) is 33.3 Å². The summed E-state index contributed by atoms with van der Waals surface area (Å²) < 4.78 is 1.19. The average Bonchev–Trinajstić information content (AvgIpc) is 2.81. The topological polar surface area (TPSA) is 32.3 Å². The number of fused-ring (bicyclic) bond motifs is 1. The van der Waals surface area contributed by atoms with Crippen LogP contribution in [0.15, 0.2) is 34.1 Å². The third kappa shape index (κ3) is 2.86. The Hall–Kier alpha value is -0.840. The lowest BCUT2D eigenvalue weighted by atomic mass is 9.87. The lowest BCUT2D eigenvalue weighted by Crippen LogP contribution is -2.24. The molecule has 1 aromatic heterocycles. The fourth-order valence-corrected chi connectivity index (χ4v) is 4.12. The summed E-state index contributed by atoms with van der Waals surface area (Å²) >= 11 is 5.34. The van der Waals surface area contributed by atoms with E-state index in [4.69, 9.17) is 0 Å². The quantitative estimate of drug-likeness (QED) is 0.870. The third-order valence-corrected chi connectivity index (χ3v) is 5.57. The van der Waals surface area contributed by atoms with Crippen molar-refractivity contribution in [3.8, 4) is 5.75 Å². The van der Waals surface area contributed by atoms with Gasteiger partial charge in [-0.25, -0.2) is 0 Å². The standard InChI is InChI=1S/C15H16BrNOS/c16-13-6-7-19-15(13)9-17-14-3-1-2-10-8-11(18)4-5-12(10)14/h4-8,14,17-18H,1-3,9H2. The van der Waals surface area contributed by atoms with E-state index >= 15 is 0 Å². The molecule has 1 aliphatic carbocycles. The number of benzene rings is 1. The number of nitrogens with one attached hydrogen (secondary N) is 1. The van der Waals surface area contributed by atoms with Gasteiger partial charge in [0.25, 0.3) is 0 Å². The molecule has 19 heavy (non-hydrogen) atoms. The molecule has 3 rings (SSSR count). The minimum Gasteiger partial charge on any atom is -0.508 e. The number of rotatable bonds is 3. The number of aromatic hydroxyl groups is 1. The van der Waals surface area contributed by atoms with Crippen LogP contribution in [0, 0.1) is 0 Å². The number of phenolic OH excluding ortho intramolecular Hbond substituents is 1. The van der Waals surface area contributed by atoms with Crippen LogP contribution in [0.4, 0.5) is 0 Å². The Kier molecular flexibility index (Phi) is 3.91. The molecule has 0 saturated heterocycles. The van der Waals surface area contributed by atoms with Gasteiger partial charge in [0.05, 0.1) is 0 Å². The summed E-state index contributed by atoms with van der Waals surface area (Å²) in [6.07, 6.45) is 3.42. The molecule has 0 amide bonds. The second-order valence-electron chi connectivity index (χ2n) is 4.90. The van der Waals surface area contributed by atoms with Gasteiger partial charge >= 0.3 is 0 Å². The minimum atomic E-state index is 0.375. The summed E-state index contributed by atoms with van der Waals surface area (Å²) in [5.74, 6) is 0.375. The SMILES string of the molecule is Oc1ccc2c(c1)CCCC2NCc1sccc1Br. The fraction of sp³-hybridized carbons (Fsp3) is 0.333. The van der Waals surface area contributed by atoms with Crippen LogP contribution in [0.25, 0.3) is 0 Å². The largest absolute Gasteiger partial charge is 0.508 e. The molecule has 1 aliphatic rings. The molecule has 0 spiro atoms. The molecule has 2 N–H and O–H groups in total. The monoisotopic (exact) mass is 337 g/mol. The van der Waals surface area contributed by atoms with Gasteiger partial charge in [0.15, 0.2) is 0 Å². The van der Waals surface area contributed by atoms with E-state index in [1.807, 2.05) is 6.07 Å². The predicted octanol–water partition coefficient (Wildman–Crippen LogP) is 4.38. The van der Waals surface area contributed by atoms with E-state index in [-0.39, 0.29) is 0 Å². The van der Waals surface area contributed by atoms with Gasteiger partial charge in [-0.05, 0) is 69.9 Å². The first-order valence-corrected chi connectivity index (χ1v) is 8.18. The summed E-state index contributed by atoms with van der Waals surface area (Å²) in [5, 5.41) is 15.3. The van der Waals surface area contributed by atoms with Gasteiger partial charge < -0.3 is 10.4 Å². The van der Waals surface area contributed by atoms with Crippen molar-refractivity contribution < 1.29 is 5.11 Å². The normalized spacial score (nSPS) is 18.3. The highest BCUT2D eigenvalue weighted by atomic mass is 79.9. The van der Waals surface area contributed by atoms with Crippen molar-refractivity contribution in [1.82, 2.24) is 5.32 Å². The second-order valence-corrected chi connectivity index (χ2v) is 6.76. The zero-order valence-corrected chi connectivity index (χ0v) is 12.9. The average molecular weight is 338 g/mol. The van der Waals surface area contributed by atoms with E-state index in [1.54, 1.807) is 17.4 Å². The first kappa shape index (κ1) is 13.2. The Morgan fingerprint density at radius 3 is 3.05 bits per heavy atom. The number of hydrogen-bond acceptors (Lipinski definition) is 3. The van der Waals surface area contributed by atoms with Gasteiger partial charge in [-0.15, -0.1) is 11.3 Å². The molecular weight excluding hydrogens is 322 g/mol. The summed E-state index contributed by atoms with van der Waals surface area (Å²) in [7, 11) is 0. The highest BCUT2D eigenvalue weighted by Crippen LogP contribution is 2.32. The van der Waals surface area contributed by atoms with Gasteiger partial charge in [-0.2, -0.15) is 0 Å². The van der Waals surface area contributed by atoms with Crippen molar-refractivity contribution in [2.45, 2.75) is 31.8 Å². The minimum absolute atomic E-state index is 0.375. The van der Waals surface area contributed by atoms with Crippen LogP contribution in [0.5, 0.6) is 5.75 Å². The van der Waals surface area contributed by atoms with Gasteiger partial charge in [0.1, 0.15) is 5.75 Å². The van der Waals surface area contributed by atoms with Gasteiger partial charge in [-0.3, -0.25) is 0 Å². The third-order valence-electron chi connectivity index (χ3n) is 3.64. The number of thiophene rings is 1. The smallest absolute Gasteiger partial charge is 0.115 e. The summed E-state index contributed by atoms with van der Waals surface area (Å²) in [6, 6.07) is 8.25. The molecule has 2 aromatic rings. The first-order valence-electron chi connectivity index (χ1n) is 6.51. The Labute approximate surface area is 125 Å². The molecule has 1 atom stereocenters. The molecule has 1 heterocycles. The molecule has 2 nitrogen and oxygen atoms in total. The van der Waals surface area contributed by atoms with E-state index in [2.05, 4.69) is 38.8 Å². The maximum atomic E-state index is 9.57. The lowest BCUT2D eigenvalue weighted by molar-refractivity contribution is 0.450. The second kappa shape index (κ2) is 5.65. The number of halogens is 1. The van der Waals surface area contributed by atoms with Crippen molar-refractivity contribution in [3.05, 3.63) is 50.1 Å². The molecule has 0 radical (unpaired) electrons.